The van der Waals surface area contributed by atoms with E-state index in [0.717, 1.165) is 0 Å². The van der Waals surface area contributed by atoms with Crippen LogP contribution in [0.3, 0.4) is 0 Å². The first-order valence-electron chi connectivity index (χ1n) is 7.47. The first-order chi connectivity index (χ1) is 11.7. The monoisotopic (exact) mass is 324 g/mol. The lowest BCUT2D eigenvalue weighted by atomic mass is 10.2. The molecule has 122 valence electrons. The molecule has 24 heavy (non-hydrogen) atoms. The van der Waals surface area contributed by atoms with Gasteiger partial charge in [-0.3, -0.25) is 9.78 Å². The number of H-pyrrole nitrogens is 1. The van der Waals surface area contributed by atoms with Gasteiger partial charge in [0.15, 0.2) is 0 Å². The lowest BCUT2D eigenvalue weighted by molar-refractivity contribution is 0.0951. The Labute approximate surface area is 137 Å². The molecule has 1 heterocycles. The largest absolute Gasteiger partial charge is 0.350 e. The predicted molar refractivity (Wildman–Crippen MR) is 89.4 cm³/mol. The Kier molecular flexibility index (Phi) is 4.42. The number of para-hydroxylation sites is 1. The van der Waals surface area contributed by atoms with Crippen LogP contribution < -0.4 is 16.7 Å². The number of aromatic amines is 1. The third-order valence-corrected chi connectivity index (χ3v) is 3.53. The molecule has 0 fully saturated rings. The van der Waals surface area contributed by atoms with E-state index in [1.165, 1.54) is 9.36 Å². The zero-order chi connectivity index (χ0) is 16.9. The van der Waals surface area contributed by atoms with Gasteiger partial charge in [-0.1, -0.05) is 36.4 Å². The second-order valence-corrected chi connectivity index (χ2v) is 5.13. The second-order valence-electron chi connectivity index (χ2n) is 5.13. The van der Waals surface area contributed by atoms with Gasteiger partial charge < -0.3 is 5.32 Å². The fourth-order valence-corrected chi connectivity index (χ4v) is 2.40. The summed E-state index contributed by atoms with van der Waals surface area (Å²) in [6, 6.07) is 17.6. The molecule has 0 saturated heterocycles. The maximum atomic E-state index is 12.0. The Hall–Kier alpha value is -3.35. The molecular formula is C17H16N4O3. The van der Waals surface area contributed by atoms with Crippen molar-refractivity contribution in [1.29, 1.82) is 0 Å². The van der Waals surface area contributed by atoms with Crippen molar-refractivity contribution in [3.63, 3.8) is 0 Å². The molecule has 0 unspecified atom stereocenters. The summed E-state index contributed by atoms with van der Waals surface area (Å²) in [4.78, 5) is 38.2. The van der Waals surface area contributed by atoms with Crippen molar-refractivity contribution in [2.24, 2.45) is 0 Å². The van der Waals surface area contributed by atoms with Gasteiger partial charge in [0.2, 0.25) is 0 Å². The molecule has 7 nitrogen and oxygen atoms in total. The molecule has 3 aromatic rings. The van der Waals surface area contributed by atoms with Crippen LogP contribution in [-0.4, -0.2) is 26.8 Å². The second kappa shape index (κ2) is 6.82. The van der Waals surface area contributed by atoms with Crippen LogP contribution in [0.1, 0.15) is 10.4 Å². The van der Waals surface area contributed by atoms with Crippen molar-refractivity contribution < 1.29 is 4.79 Å². The maximum absolute atomic E-state index is 12.0. The SMILES string of the molecule is O=C(NCCn1c(=O)[nH]c(=O)n1-c1ccccc1)c1ccccc1. The van der Waals surface area contributed by atoms with E-state index in [9.17, 15) is 14.4 Å². The number of hydrogen-bond acceptors (Lipinski definition) is 3. The van der Waals surface area contributed by atoms with Gasteiger partial charge in [0.05, 0.1) is 12.2 Å². The highest BCUT2D eigenvalue weighted by molar-refractivity contribution is 5.94. The molecule has 0 spiro atoms. The van der Waals surface area contributed by atoms with E-state index in [4.69, 9.17) is 0 Å². The minimum Gasteiger partial charge on any atom is -0.350 e. The van der Waals surface area contributed by atoms with Gasteiger partial charge in [-0.25, -0.2) is 14.3 Å². The van der Waals surface area contributed by atoms with E-state index < -0.39 is 11.4 Å². The number of carbonyl (C=O) groups excluding carboxylic acids is 1. The molecule has 0 saturated carbocycles. The average Bonchev–Trinajstić information content (AvgIpc) is 2.90. The number of nitrogens with zero attached hydrogens (tertiary/aromatic N) is 2. The smallest absolute Gasteiger partial charge is 0.349 e. The Morgan fingerprint density at radius 2 is 1.54 bits per heavy atom. The van der Waals surface area contributed by atoms with E-state index >= 15 is 0 Å². The molecule has 0 bridgehead atoms. The zero-order valence-corrected chi connectivity index (χ0v) is 12.8. The molecule has 1 aromatic heterocycles. The van der Waals surface area contributed by atoms with Crippen molar-refractivity contribution in [1.82, 2.24) is 19.7 Å². The van der Waals surface area contributed by atoms with Crippen molar-refractivity contribution in [3.8, 4) is 5.69 Å². The Balaban J connectivity index is 1.76. The van der Waals surface area contributed by atoms with E-state index in [2.05, 4.69) is 10.3 Å². The van der Waals surface area contributed by atoms with Crippen LogP contribution in [0.5, 0.6) is 0 Å². The molecule has 2 aromatic carbocycles. The summed E-state index contributed by atoms with van der Waals surface area (Å²) in [6.07, 6.45) is 0. The molecule has 3 rings (SSSR count). The van der Waals surface area contributed by atoms with Gasteiger partial charge in [-0.15, -0.1) is 0 Å². The summed E-state index contributed by atoms with van der Waals surface area (Å²) in [5.41, 5.74) is 0.0907. The van der Waals surface area contributed by atoms with Crippen molar-refractivity contribution >= 4 is 5.91 Å². The fraction of sp³-hybridized carbons (Fsp3) is 0.118. The molecule has 7 heteroatoms. The van der Waals surface area contributed by atoms with E-state index in [0.29, 0.717) is 11.3 Å². The quantitative estimate of drug-likeness (QED) is 0.726. The van der Waals surface area contributed by atoms with Crippen LogP contribution in [0.2, 0.25) is 0 Å². The highest BCUT2D eigenvalue weighted by Crippen LogP contribution is 2.02. The van der Waals surface area contributed by atoms with E-state index in [1.807, 2.05) is 12.1 Å². The summed E-state index contributed by atoms with van der Waals surface area (Å²) < 4.78 is 2.53. The molecule has 1 amide bonds. The summed E-state index contributed by atoms with van der Waals surface area (Å²) in [5.74, 6) is -0.229. The third kappa shape index (κ3) is 3.19. The minimum absolute atomic E-state index is 0.172. The molecular weight excluding hydrogens is 308 g/mol. The fourth-order valence-electron chi connectivity index (χ4n) is 2.40. The Morgan fingerprint density at radius 3 is 2.21 bits per heavy atom. The summed E-state index contributed by atoms with van der Waals surface area (Å²) >= 11 is 0. The summed E-state index contributed by atoms with van der Waals surface area (Å²) in [5, 5.41) is 2.73. The van der Waals surface area contributed by atoms with Gasteiger partial charge in [0.1, 0.15) is 0 Å². The number of rotatable bonds is 5. The van der Waals surface area contributed by atoms with Crippen molar-refractivity contribution in [3.05, 3.63) is 87.2 Å². The molecule has 0 aliphatic rings. The van der Waals surface area contributed by atoms with Gasteiger partial charge in [0.25, 0.3) is 5.91 Å². The molecule has 0 atom stereocenters. The van der Waals surface area contributed by atoms with Crippen LogP contribution in [0.4, 0.5) is 0 Å². The number of nitrogens with one attached hydrogen (secondary N) is 2. The number of aromatic nitrogens is 3. The number of benzene rings is 2. The van der Waals surface area contributed by atoms with Crippen molar-refractivity contribution in [2.75, 3.05) is 6.54 Å². The molecule has 0 aliphatic carbocycles. The van der Waals surface area contributed by atoms with Gasteiger partial charge >= 0.3 is 11.4 Å². The topological polar surface area (TPSA) is 88.9 Å². The van der Waals surface area contributed by atoms with Crippen LogP contribution in [-0.2, 0) is 6.54 Å². The van der Waals surface area contributed by atoms with Crippen LogP contribution in [0.15, 0.2) is 70.3 Å². The number of amides is 1. The number of carbonyl (C=O) groups is 1. The maximum Gasteiger partial charge on any atom is 0.349 e. The number of hydrogen-bond donors (Lipinski definition) is 2. The Morgan fingerprint density at radius 1 is 0.917 bits per heavy atom. The average molecular weight is 324 g/mol. The van der Waals surface area contributed by atoms with Crippen molar-refractivity contribution in [2.45, 2.75) is 6.54 Å². The normalized spacial score (nSPS) is 10.5. The molecule has 0 aliphatic heterocycles. The standard InChI is InChI=1S/C17H16N4O3/c22-15(13-7-3-1-4-8-13)18-11-12-20-16(23)19-17(24)21(20)14-9-5-2-6-10-14/h1-10H,11-12H2,(H,18,22)(H,19,23,24). The highest BCUT2D eigenvalue weighted by Gasteiger charge is 2.11. The lowest BCUT2D eigenvalue weighted by Crippen LogP contribution is -2.33. The van der Waals surface area contributed by atoms with Crippen LogP contribution in [0.25, 0.3) is 5.69 Å². The predicted octanol–water partition coefficient (Wildman–Crippen LogP) is 0.757. The van der Waals surface area contributed by atoms with Gasteiger partial charge in [-0.05, 0) is 24.3 Å². The van der Waals surface area contributed by atoms with E-state index in [1.54, 1.807) is 48.5 Å². The van der Waals surface area contributed by atoms with Crippen LogP contribution in [0, 0.1) is 0 Å². The molecule has 0 radical (unpaired) electrons. The van der Waals surface area contributed by atoms with Crippen LogP contribution >= 0.6 is 0 Å². The third-order valence-electron chi connectivity index (χ3n) is 3.53. The summed E-state index contributed by atoms with van der Waals surface area (Å²) in [7, 11) is 0. The summed E-state index contributed by atoms with van der Waals surface area (Å²) in [6.45, 7) is 0.392. The minimum atomic E-state index is -0.516. The van der Waals surface area contributed by atoms with E-state index in [-0.39, 0.29) is 19.0 Å². The highest BCUT2D eigenvalue weighted by atomic mass is 16.2. The van der Waals surface area contributed by atoms with Gasteiger partial charge in [0, 0.05) is 12.1 Å². The Bertz CT molecular complexity index is 939. The molecule has 2 N–H and O–H groups in total. The van der Waals surface area contributed by atoms with Gasteiger partial charge in [-0.2, -0.15) is 4.68 Å². The first kappa shape index (κ1) is 15.5. The zero-order valence-electron chi connectivity index (χ0n) is 12.8. The first-order valence-corrected chi connectivity index (χ1v) is 7.47. The lowest BCUT2D eigenvalue weighted by Gasteiger charge is -2.10.